The quantitative estimate of drug-likeness (QED) is 0.156. The fourth-order valence-corrected chi connectivity index (χ4v) is 8.40. The first kappa shape index (κ1) is 38.8. The molecule has 0 atom stereocenters. The molecule has 10 rings (SSSR count). The number of rotatable bonds is 3. The molecular weight excluding hydrogens is 757 g/mol. The van der Waals surface area contributed by atoms with Gasteiger partial charge in [-0.05, 0) is 160 Å². The predicted molar refractivity (Wildman–Crippen MR) is 264 cm³/mol. The number of hydrogen-bond acceptors (Lipinski definition) is 0. The molecule has 6 aliphatic carbocycles. The molecular formula is C63H42. The highest BCUT2D eigenvalue weighted by Crippen LogP contribution is 2.46. The first-order chi connectivity index (χ1) is 30.9. The lowest BCUT2D eigenvalue weighted by atomic mass is 9.91. The molecule has 0 N–H and O–H groups in total. The van der Waals surface area contributed by atoms with Crippen molar-refractivity contribution >= 4 is 0 Å². The summed E-state index contributed by atoms with van der Waals surface area (Å²) >= 11 is 0. The molecule has 0 heterocycles. The van der Waals surface area contributed by atoms with Crippen molar-refractivity contribution in [2.75, 3.05) is 0 Å². The van der Waals surface area contributed by atoms with Crippen LogP contribution in [0.2, 0.25) is 0 Å². The molecule has 0 aromatic heterocycles. The van der Waals surface area contributed by atoms with Crippen LogP contribution < -0.4 is 0 Å². The van der Waals surface area contributed by atoms with Gasteiger partial charge < -0.3 is 0 Å². The Bertz CT molecular complexity index is 3020. The van der Waals surface area contributed by atoms with E-state index in [1.54, 1.807) is 0 Å². The van der Waals surface area contributed by atoms with Gasteiger partial charge in [0.25, 0.3) is 0 Å². The molecule has 0 saturated carbocycles. The Kier molecular flexibility index (Phi) is 10.5. The number of aryl methyl sites for hydroxylation is 3. The van der Waals surface area contributed by atoms with Gasteiger partial charge in [0, 0.05) is 33.4 Å². The van der Waals surface area contributed by atoms with Gasteiger partial charge >= 0.3 is 0 Å². The van der Waals surface area contributed by atoms with Crippen molar-refractivity contribution in [2.45, 2.75) is 20.8 Å². The molecule has 0 saturated heterocycles. The number of fused-ring (bicyclic) bond motifs is 3. The molecule has 0 spiro atoms. The molecule has 0 heteroatoms. The number of benzene rings is 4. The average molecular weight is 799 g/mol. The molecule has 0 amide bonds. The largest absolute Gasteiger partial charge is 0.0622 e. The fraction of sp³-hybridized carbons (Fsp3) is 0.0476. The third-order valence-corrected chi connectivity index (χ3v) is 11.8. The van der Waals surface area contributed by atoms with Crippen molar-refractivity contribution in [1.82, 2.24) is 0 Å². The summed E-state index contributed by atoms with van der Waals surface area (Å²) in [6.45, 7) is 6.31. The molecule has 6 aliphatic rings. The Morgan fingerprint density at radius 2 is 0.476 bits per heavy atom. The van der Waals surface area contributed by atoms with Crippen LogP contribution in [0.15, 0.2) is 200 Å². The lowest BCUT2D eigenvalue weighted by Gasteiger charge is -2.12. The van der Waals surface area contributed by atoms with Crippen LogP contribution in [0.3, 0.4) is 0 Å². The average Bonchev–Trinajstić information content (AvgIpc) is 3.65. The van der Waals surface area contributed by atoms with Gasteiger partial charge in [-0.25, -0.2) is 0 Å². The summed E-state index contributed by atoms with van der Waals surface area (Å²) < 4.78 is 0. The van der Waals surface area contributed by atoms with E-state index in [9.17, 15) is 0 Å². The van der Waals surface area contributed by atoms with Crippen molar-refractivity contribution in [3.63, 3.8) is 0 Å². The number of hydrogen-bond donors (Lipinski definition) is 0. The maximum Gasteiger partial charge on any atom is 0.0334 e. The van der Waals surface area contributed by atoms with Gasteiger partial charge in [-0.15, -0.1) is 0 Å². The SMILES string of the molecule is Cc1ccc(C#Cc2cc(-c3cc(-c4cc(C#Cc5ccc(C)cc5)c5cccccc4-5)cc(-c4cc(C#Cc5ccc(C)cc5)c5cccccc4-5)c3)c3cccccc2-3)cc1. The molecule has 0 bridgehead atoms. The summed E-state index contributed by atoms with van der Waals surface area (Å²) in [6, 6.07) is 71.4. The zero-order valence-electron chi connectivity index (χ0n) is 35.6. The topological polar surface area (TPSA) is 0 Å². The maximum absolute atomic E-state index is 3.56. The highest BCUT2D eigenvalue weighted by Gasteiger charge is 2.22. The minimum Gasteiger partial charge on any atom is -0.0622 e. The molecule has 4 aromatic carbocycles. The fourth-order valence-electron chi connectivity index (χ4n) is 8.40. The van der Waals surface area contributed by atoms with Gasteiger partial charge in [-0.1, -0.05) is 180 Å². The lowest BCUT2D eigenvalue weighted by Crippen LogP contribution is -1.86. The highest BCUT2D eigenvalue weighted by molar-refractivity contribution is 5.99. The van der Waals surface area contributed by atoms with Gasteiger partial charge in [0.2, 0.25) is 0 Å². The summed E-state index contributed by atoms with van der Waals surface area (Å²) in [7, 11) is 0. The van der Waals surface area contributed by atoms with Crippen LogP contribution in [0, 0.1) is 56.3 Å². The Morgan fingerprint density at radius 1 is 0.222 bits per heavy atom. The highest BCUT2D eigenvalue weighted by atomic mass is 14.2. The summed E-state index contributed by atoms with van der Waals surface area (Å²) in [4.78, 5) is 0. The van der Waals surface area contributed by atoms with Crippen molar-refractivity contribution in [3.8, 4) is 102 Å². The van der Waals surface area contributed by atoms with E-state index in [0.29, 0.717) is 0 Å². The Balaban J connectivity index is 1.20. The molecule has 0 fully saturated rings. The van der Waals surface area contributed by atoms with Crippen LogP contribution in [0.4, 0.5) is 0 Å². The second-order valence-electron chi connectivity index (χ2n) is 16.3. The Hall–Kier alpha value is -8.34. The Morgan fingerprint density at radius 3 is 0.746 bits per heavy atom. The molecule has 0 nitrogen and oxygen atoms in total. The molecule has 294 valence electrons. The zero-order valence-corrected chi connectivity index (χ0v) is 35.6. The second-order valence-corrected chi connectivity index (χ2v) is 16.3. The maximum atomic E-state index is 3.56. The smallest absolute Gasteiger partial charge is 0.0334 e. The van der Waals surface area contributed by atoms with Crippen LogP contribution in [0.25, 0.3) is 66.8 Å². The van der Waals surface area contributed by atoms with Crippen LogP contribution in [-0.4, -0.2) is 0 Å². The first-order valence-corrected chi connectivity index (χ1v) is 21.4. The normalized spacial score (nSPS) is 10.7. The molecule has 63 heavy (non-hydrogen) atoms. The van der Waals surface area contributed by atoms with E-state index in [0.717, 1.165) is 100 Å². The molecule has 0 aliphatic heterocycles. The molecule has 0 unspecified atom stereocenters. The first-order valence-electron chi connectivity index (χ1n) is 21.4. The van der Waals surface area contributed by atoms with Gasteiger partial charge in [0.15, 0.2) is 0 Å². The summed E-state index contributed by atoms with van der Waals surface area (Å²) in [5.74, 6) is 21.1. The van der Waals surface area contributed by atoms with Gasteiger partial charge in [-0.3, -0.25) is 0 Å². The minimum atomic E-state index is 0.996. The van der Waals surface area contributed by atoms with E-state index in [1.165, 1.54) is 16.7 Å². The van der Waals surface area contributed by atoms with E-state index in [1.807, 2.05) is 0 Å². The van der Waals surface area contributed by atoms with Crippen molar-refractivity contribution in [3.05, 3.63) is 250 Å². The van der Waals surface area contributed by atoms with Gasteiger partial charge in [0.1, 0.15) is 0 Å². The summed E-state index contributed by atoms with van der Waals surface area (Å²) in [6.07, 6.45) is 0. The van der Waals surface area contributed by atoms with Crippen molar-refractivity contribution in [2.24, 2.45) is 0 Å². The van der Waals surface area contributed by atoms with E-state index in [-0.39, 0.29) is 0 Å². The predicted octanol–water partition coefficient (Wildman–Crippen LogP) is 15.1. The minimum absolute atomic E-state index is 0.996. The van der Waals surface area contributed by atoms with E-state index in [2.05, 4.69) is 256 Å². The van der Waals surface area contributed by atoms with Crippen LogP contribution in [0.1, 0.15) is 50.1 Å². The third kappa shape index (κ3) is 8.14. The van der Waals surface area contributed by atoms with E-state index in [4.69, 9.17) is 0 Å². The summed E-state index contributed by atoms with van der Waals surface area (Å²) in [5.41, 5.74) is 23.3. The van der Waals surface area contributed by atoms with Crippen LogP contribution in [-0.2, 0) is 0 Å². The standard InChI is InChI=1S/C63H42/c1-43-19-25-46(26-20-43)31-34-49-40-61(58-16-10-4-7-13-55(49)58)52-37-53(62-41-50(56-14-8-5-11-17-59(56)62)35-32-47-27-21-44(2)22-28-47)39-54(38-52)63-42-51(57-15-9-6-12-18-60(57)63)36-33-48-29-23-45(3)24-30-48/h4-30,37-42H,1-3H3. The summed E-state index contributed by atoms with van der Waals surface area (Å²) in [5, 5.41) is 0. The van der Waals surface area contributed by atoms with Gasteiger partial charge in [0.05, 0.1) is 0 Å². The second kappa shape index (κ2) is 17.0. The monoisotopic (exact) mass is 798 g/mol. The van der Waals surface area contributed by atoms with Gasteiger partial charge in [-0.2, -0.15) is 0 Å². The van der Waals surface area contributed by atoms with Crippen LogP contribution >= 0.6 is 0 Å². The van der Waals surface area contributed by atoms with E-state index < -0.39 is 0 Å². The molecule has 0 radical (unpaired) electrons. The van der Waals surface area contributed by atoms with E-state index >= 15 is 0 Å². The van der Waals surface area contributed by atoms with Crippen molar-refractivity contribution < 1.29 is 0 Å². The molecule has 4 aromatic rings. The Labute approximate surface area is 371 Å². The van der Waals surface area contributed by atoms with Crippen molar-refractivity contribution in [1.29, 1.82) is 0 Å². The zero-order chi connectivity index (χ0) is 42.7. The third-order valence-electron chi connectivity index (χ3n) is 11.8. The lowest BCUT2D eigenvalue weighted by molar-refractivity contribution is 1.46. The van der Waals surface area contributed by atoms with Crippen LogP contribution in [0.5, 0.6) is 0 Å².